The second-order valence-electron chi connectivity index (χ2n) is 14.9. The summed E-state index contributed by atoms with van der Waals surface area (Å²) in [5, 5.41) is 32.6. The van der Waals surface area contributed by atoms with Crippen LogP contribution in [0.4, 0.5) is 0 Å². The monoisotopic (exact) mass is 510 g/mol. The van der Waals surface area contributed by atoms with Crippen LogP contribution in [-0.4, -0.2) is 21.3 Å². The third-order valence-corrected chi connectivity index (χ3v) is 7.17. The molecule has 0 saturated carbocycles. The Morgan fingerprint density at radius 2 is 1.11 bits per heavy atom. The lowest BCUT2D eigenvalue weighted by Crippen LogP contribution is -2.23. The number of carbonyl (C=O) groups is 1. The highest BCUT2D eigenvalue weighted by atomic mass is 16.4. The molecule has 0 saturated heterocycles. The highest BCUT2D eigenvalue weighted by molar-refractivity contribution is 5.70. The fourth-order valence-electron chi connectivity index (χ4n) is 5.09. The topological polar surface area (TPSA) is 77.8 Å². The molecule has 3 N–H and O–H groups in total. The van der Waals surface area contributed by atoms with Crippen molar-refractivity contribution in [2.45, 2.75) is 125 Å². The van der Waals surface area contributed by atoms with Gasteiger partial charge in [0.2, 0.25) is 0 Å². The molecule has 206 valence electrons. The maximum atomic E-state index is 11.9. The van der Waals surface area contributed by atoms with Gasteiger partial charge in [0.25, 0.3) is 0 Å². The van der Waals surface area contributed by atoms with Gasteiger partial charge in [0.05, 0.1) is 5.92 Å². The molecule has 2 rings (SSSR count). The van der Waals surface area contributed by atoms with Gasteiger partial charge in [0.1, 0.15) is 11.5 Å². The minimum absolute atomic E-state index is 0.258. The van der Waals surface area contributed by atoms with Gasteiger partial charge >= 0.3 is 5.97 Å². The third kappa shape index (κ3) is 6.89. The van der Waals surface area contributed by atoms with Gasteiger partial charge in [-0.3, -0.25) is 4.79 Å². The first-order chi connectivity index (χ1) is 16.5. The average Bonchev–Trinajstić information content (AvgIpc) is 2.67. The van der Waals surface area contributed by atoms with Crippen molar-refractivity contribution < 1.29 is 20.1 Å². The molecule has 0 fully saturated rings. The van der Waals surface area contributed by atoms with E-state index in [1.54, 1.807) is 6.92 Å². The highest BCUT2D eigenvalue weighted by Crippen LogP contribution is 2.45. The number of phenolic OH excluding ortho intramolecular Hbond substituents is 2. The summed E-state index contributed by atoms with van der Waals surface area (Å²) >= 11 is 0. The Labute approximate surface area is 225 Å². The molecule has 0 spiro atoms. The Bertz CT molecular complexity index is 1120. The van der Waals surface area contributed by atoms with Gasteiger partial charge in [-0.2, -0.15) is 0 Å². The molecule has 2 aromatic rings. The number of aromatic hydroxyl groups is 2. The fourth-order valence-corrected chi connectivity index (χ4v) is 5.09. The first-order valence-corrected chi connectivity index (χ1v) is 13.4. The summed E-state index contributed by atoms with van der Waals surface area (Å²) in [5.41, 5.74) is 5.30. The summed E-state index contributed by atoms with van der Waals surface area (Å²) in [4.78, 5) is 11.9. The number of carboxylic acid groups (broad SMARTS) is 1. The van der Waals surface area contributed by atoms with Crippen LogP contribution in [0.2, 0.25) is 0 Å². The van der Waals surface area contributed by atoms with Crippen molar-refractivity contribution in [3.05, 3.63) is 57.1 Å². The van der Waals surface area contributed by atoms with Crippen LogP contribution in [0.3, 0.4) is 0 Å². The molecule has 0 aliphatic heterocycles. The SMILES string of the molecule is CC(Cc1cc(C(C)(C)C)c(O)c(C(C)(C)C)c1Cc1cc(C(C)(C)C)c(O)c(C(C)(C)C)c1)C(=O)O. The van der Waals surface area contributed by atoms with Gasteiger partial charge in [-0.1, -0.05) is 108 Å². The summed E-state index contributed by atoms with van der Waals surface area (Å²) in [6.07, 6.45) is 0.923. The Kier molecular flexibility index (Phi) is 8.31. The molecule has 0 heterocycles. The molecular weight excluding hydrogens is 460 g/mol. The number of benzene rings is 2. The van der Waals surface area contributed by atoms with E-state index in [1.165, 1.54) is 0 Å². The average molecular weight is 511 g/mol. The molecule has 0 aliphatic carbocycles. The van der Waals surface area contributed by atoms with Crippen LogP contribution in [0.5, 0.6) is 11.5 Å². The number of hydrogen-bond acceptors (Lipinski definition) is 3. The smallest absolute Gasteiger partial charge is 0.306 e. The predicted octanol–water partition coefficient (Wildman–Crippen LogP) is 8.14. The normalized spacial score (nSPS) is 14.1. The maximum Gasteiger partial charge on any atom is 0.306 e. The Balaban J connectivity index is 2.98. The van der Waals surface area contributed by atoms with Crippen molar-refractivity contribution in [1.82, 2.24) is 0 Å². The van der Waals surface area contributed by atoms with Crippen LogP contribution in [0.25, 0.3) is 0 Å². The number of phenols is 2. The molecular formula is C33H50O4. The van der Waals surface area contributed by atoms with Crippen LogP contribution in [0.15, 0.2) is 18.2 Å². The lowest BCUT2D eigenvalue weighted by atomic mass is 9.73. The number of hydrogen-bond donors (Lipinski definition) is 3. The number of rotatable bonds is 5. The first kappa shape index (κ1) is 30.7. The van der Waals surface area contributed by atoms with Gasteiger partial charge in [0.15, 0.2) is 0 Å². The van der Waals surface area contributed by atoms with Crippen LogP contribution in [0.1, 0.15) is 129 Å². The molecule has 0 aromatic heterocycles. The largest absolute Gasteiger partial charge is 0.507 e. The Morgan fingerprint density at radius 3 is 1.46 bits per heavy atom. The summed E-state index contributed by atoms with van der Waals surface area (Å²) in [6, 6.07) is 6.18. The molecule has 0 aliphatic rings. The molecule has 1 unspecified atom stereocenters. The van der Waals surface area contributed by atoms with E-state index < -0.39 is 11.9 Å². The molecule has 4 heteroatoms. The fraction of sp³-hybridized carbons (Fsp3) is 0.606. The Morgan fingerprint density at radius 1 is 0.703 bits per heavy atom. The Hall–Kier alpha value is -2.49. The second kappa shape index (κ2) is 10.0. The van der Waals surface area contributed by atoms with E-state index in [-0.39, 0.29) is 21.7 Å². The van der Waals surface area contributed by atoms with E-state index in [0.29, 0.717) is 24.3 Å². The van der Waals surface area contributed by atoms with E-state index >= 15 is 0 Å². The molecule has 0 bridgehead atoms. The quantitative estimate of drug-likeness (QED) is 0.379. The van der Waals surface area contributed by atoms with Gasteiger partial charge in [-0.05, 0) is 67.9 Å². The lowest BCUT2D eigenvalue weighted by molar-refractivity contribution is -0.141. The zero-order valence-corrected chi connectivity index (χ0v) is 25.5. The van der Waals surface area contributed by atoms with Crippen LogP contribution in [-0.2, 0) is 39.3 Å². The number of carboxylic acids is 1. The molecule has 37 heavy (non-hydrogen) atoms. The summed E-state index contributed by atoms with van der Waals surface area (Å²) < 4.78 is 0. The van der Waals surface area contributed by atoms with Gasteiger partial charge < -0.3 is 15.3 Å². The molecule has 0 amide bonds. The van der Waals surface area contributed by atoms with Crippen molar-refractivity contribution in [2.24, 2.45) is 5.92 Å². The zero-order valence-electron chi connectivity index (χ0n) is 25.5. The molecule has 1 atom stereocenters. The first-order valence-electron chi connectivity index (χ1n) is 13.4. The van der Waals surface area contributed by atoms with Crippen molar-refractivity contribution in [1.29, 1.82) is 0 Å². The minimum Gasteiger partial charge on any atom is -0.507 e. The van der Waals surface area contributed by atoms with E-state index in [4.69, 9.17) is 0 Å². The van der Waals surface area contributed by atoms with Crippen LogP contribution in [0, 0.1) is 5.92 Å². The summed E-state index contributed by atoms with van der Waals surface area (Å²) in [7, 11) is 0. The summed E-state index contributed by atoms with van der Waals surface area (Å²) in [5.74, 6) is -0.750. The standard InChI is InChI=1S/C33H50O4/c1-19(29(36)37)14-21-18-25(32(8,9)10)28(35)26(33(11,12)13)22(21)15-20-16-23(30(2,3)4)27(34)24(17-20)31(5,6)7/h16-19,34-35H,14-15H2,1-13H3,(H,36,37). The third-order valence-electron chi connectivity index (χ3n) is 7.17. The van der Waals surface area contributed by atoms with E-state index in [1.807, 2.05) is 6.07 Å². The molecule has 0 radical (unpaired) electrons. The van der Waals surface area contributed by atoms with E-state index in [9.17, 15) is 20.1 Å². The number of aliphatic carboxylic acids is 1. The van der Waals surface area contributed by atoms with Crippen molar-refractivity contribution in [2.75, 3.05) is 0 Å². The van der Waals surface area contributed by atoms with E-state index in [2.05, 4.69) is 95.2 Å². The van der Waals surface area contributed by atoms with Gasteiger partial charge in [0, 0.05) is 5.56 Å². The van der Waals surface area contributed by atoms with Gasteiger partial charge in [-0.25, -0.2) is 0 Å². The van der Waals surface area contributed by atoms with Crippen molar-refractivity contribution >= 4 is 5.97 Å². The second-order valence-corrected chi connectivity index (χ2v) is 14.9. The lowest BCUT2D eigenvalue weighted by Gasteiger charge is -2.33. The van der Waals surface area contributed by atoms with Crippen LogP contribution < -0.4 is 0 Å². The molecule has 2 aromatic carbocycles. The zero-order chi connectivity index (χ0) is 28.9. The van der Waals surface area contributed by atoms with Crippen LogP contribution >= 0.6 is 0 Å². The predicted molar refractivity (Wildman–Crippen MR) is 154 cm³/mol. The molecule has 4 nitrogen and oxygen atoms in total. The van der Waals surface area contributed by atoms with E-state index in [0.717, 1.165) is 38.9 Å². The van der Waals surface area contributed by atoms with Crippen molar-refractivity contribution in [3.63, 3.8) is 0 Å². The maximum absolute atomic E-state index is 11.9. The summed E-state index contributed by atoms with van der Waals surface area (Å²) in [6.45, 7) is 26.9. The van der Waals surface area contributed by atoms with Gasteiger partial charge in [-0.15, -0.1) is 0 Å². The highest BCUT2D eigenvalue weighted by Gasteiger charge is 2.32. The van der Waals surface area contributed by atoms with Crippen molar-refractivity contribution in [3.8, 4) is 11.5 Å². The minimum atomic E-state index is -0.830.